The van der Waals surface area contributed by atoms with Crippen LogP contribution in [0.5, 0.6) is 0 Å². The van der Waals surface area contributed by atoms with Crippen LogP contribution < -0.4 is 5.73 Å². The monoisotopic (exact) mass is 157 g/mol. The largest absolute Gasteiger partial charge is 0.454 e. The van der Waals surface area contributed by atoms with Crippen molar-refractivity contribution < 1.29 is 14.3 Å². The molecule has 0 aliphatic heterocycles. The first kappa shape index (κ1) is 9.68. The van der Waals surface area contributed by atoms with E-state index < -0.39 is 12.0 Å². The quantitative estimate of drug-likeness (QED) is 0.450. The summed E-state index contributed by atoms with van der Waals surface area (Å²) < 4.78 is 4.40. The number of nitrogens with two attached hydrogens (primary N) is 1. The molecule has 0 bridgehead atoms. The summed E-state index contributed by atoms with van der Waals surface area (Å²) >= 11 is 0. The summed E-state index contributed by atoms with van der Waals surface area (Å²) in [5.41, 5.74) is 5.65. The van der Waals surface area contributed by atoms with Crippen molar-refractivity contribution in [1.82, 2.24) is 0 Å². The van der Waals surface area contributed by atoms with Gasteiger partial charge in [-0.25, -0.2) is 0 Å². The van der Waals surface area contributed by atoms with E-state index >= 15 is 0 Å². The van der Waals surface area contributed by atoms with E-state index in [4.69, 9.17) is 5.73 Å². The molecule has 0 fully saturated rings. The summed E-state index contributed by atoms with van der Waals surface area (Å²) in [5.74, 6) is -0.653. The summed E-state index contributed by atoms with van der Waals surface area (Å²) in [6.45, 7) is 5.49. The first-order valence-electron chi connectivity index (χ1n) is 3.10. The predicted octanol–water partition coefficient (Wildman–Crippen LogP) is -0.0205. The lowest BCUT2D eigenvalue weighted by Crippen LogP contribution is -2.30. The fourth-order valence-electron chi connectivity index (χ4n) is 0.599. The van der Waals surface area contributed by atoms with Crippen LogP contribution in [-0.4, -0.2) is 18.5 Å². The fraction of sp³-hybridized carbons (Fsp3) is 0.429. The molecular formula is C7H11NO3. The Balaban J connectivity index is 3.99. The number of hydrogen-bond donors (Lipinski definition) is 1. The Hall–Kier alpha value is -1.32. The van der Waals surface area contributed by atoms with Crippen LogP contribution in [0.15, 0.2) is 12.2 Å². The summed E-state index contributed by atoms with van der Waals surface area (Å²) in [6.07, 6.45) is -0.585. The Bertz CT molecular complexity index is 177. The number of amides is 1. The van der Waals surface area contributed by atoms with Gasteiger partial charge in [0.05, 0.1) is 0 Å². The molecular weight excluding hydrogens is 146 g/mol. The Kier molecular flexibility index (Phi) is 3.95. The highest BCUT2D eigenvalue weighted by Crippen LogP contribution is 2.03. The Morgan fingerprint density at radius 3 is 2.64 bits per heavy atom. The molecule has 1 amide bonds. The van der Waals surface area contributed by atoms with Crippen LogP contribution in [0, 0.1) is 0 Å². The highest BCUT2D eigenvalue weighted by Gasteiger charge is 2.15. The van der Waals surface area contributed by atoms with Crippen molar-refractivity contribution in [1.29, 1.82) is 0 Å². The molecule has 0 aromatic carbocycles. The van der Waals surface area contributed by atoms with Gasteiger partial charge in [0.2, 0.25) is 0 Å². The molecule has 0 aromatic heterocycles. The van der Waals surface area contributed by atoms with Crippen molar-refractivity contribution >= 4 is 12.4 Å². The van der Waals surface area contributed by atoms with E-state index in [2.05, 4.69) is 11.3 Å². The second kappa shape index (κ2) is 4.49. The Morgan fingerprint density at radius 1 is 1.82 bits per heavy atom. The van der Waals surface area contributed by atoms with Crippen LogP contribution in [0.4, 0.5) is 0 Å². The molecule has 0 aliphatic carbocycles. The van der Waals surface area contributed by atoms with Crippen molar-refractivity contribution in [3.05, 3.63) is 12.2 Å². The lowest BCUT2D eigenvalue weighted by Gasteiger charge is -2.09. The second-order valence-electron chi connectivity index (χ2n) is 2.28. The Morgan fingerprint density at radius 2 is 2.36 bits per heavy atom. The molecule has 0 rings (SSSR count). The van der Waals surface area contributed by atoms with E-state index in [1.54, 1.807) is 6.92 Å². The summed E-state index contributed by atoms with van der Waals surface area (Å²) in [5, 5.41) is 0. The summed E-state index contributed by atoms with van der Waals surface area (Å²) in [6, 6.07) is 0. The fourth-order valence-corrected chi connectivity index (χ4v) is 0.599. The topological polar surface area (TPSA) is 69.4 Å². The van der Waals surface area contributed by atoms with Crippen LogP contribution in [0.25, 0.3) is 0 Å². The molecule has 62 valence electrons. The maximum absolute atomic E-state index is 10.5. The number of ether oxygens (including phenoxy) is 1. The van der Waals surface area contributed by atoms with E-state index in [-0.39, 0.29) is 12.9 Å². The lowest BCUT2D eigenvalue weighted by atomic mass is 10.1. The summed E-state index contributed by atoms with van der Waals surface area (Å²) in [7, 11) is 0. The van der Waals surface area contributed by atoms with Crippen molar-refractivity contribution in [3.63, 3.8) is 0 Å². The smallest absolute Gasteiger partial charge is 0.293 e. The first-order chi connectivity index (χ1) is 5.07. The second-order valence-corrected chi connectivity index (χ2v) is 2.28. The average molecular weight is 157 g/mol. The number of carbonyl (C=O) groups excluding carboxylic acids is 2. The molecule has 4 nitrogen and oxygen atoms in total. The van der Waals surface area contributed by atoms with Crippen LogP contribution in [0.1, 0.15) is 13.3 Å². The number of carbonyl (C=O) groups is 2. The first-order valence-corrected chi connectivity index (χ1v) is 3.10. The molecule has 0 saturated carbocycles. The van der Waals surface area contributed by atoms with Crippen LogP contribution in [-0.2, 0) is 14.3 Å². The van der Waals surface area contributed by atoms with Crippen molar-refractivity contribution in [3.8, 4) is 0 Å². The minimum absolute atomic E-state index is 0.207. The highest BCUT2D eigenvalue weighted by atomic mass is 16.5. The number of hydrogen-bond acceptors (Lipinski definition) is 3. The van der Waals surface area contributed by atoms with Gasteiger partial charge in [0.15, 0.2) is 6.10 Å². The van der Waals surface area contributed by atoms with E-state index in [0.29, 0.717) is 0 Å². The zero-order valence-corrected chi connectivity index (χ0v) is 6.37. The van der Waals surface area contributed by atoms with Gasteiger partial charge >= 0.3 is 0 Å². The van der Waals surface area contributed by atoms with E-state index in [0.717, 1.165) is 5.57 Å². The van der Waals surface area contributed by atoms with Crippen molar-refractivity contribution in [2.45, 2.75) is 19.4 Å². The molecule has 0 saturated heterocycles. The number of primary amides is 1. The number of rotatable bonds is 5. The molecule has 0 aromatic rings. The van der Waals surface area contributed by atoms with Gasteiger partial charge in [-0.2, -0.15) is 0 Å². The molecule has 11 heavy (non-hydrogen) atoms. The van der Waals surface area contributed by atoms with Gasteiger partial charge in [-0.05, 0) is 6.92 Å². The van der Waals surface area contributed by atoms with E-state index in [1.165, 1.54) is 0 Å². The molecule has 0 aliphatic rings. The molecule has 0 radical (unpaired) electrons. The molecule has 1 atom stereocenters. The standard InChI is InChI=1S/C7H11NO3/c1-5(2)3-6(7(8)10)11-4-9/h4,6H,1,3H2,2H3,(H2,8,10). The molecule has 0 heterocycles. The normalized spacial score (nSPS) is 11.7. The van der Waals surface area contributed by atoms with E-state index in [9.17, 15) is 9.59 Å². The lowest BCUT2D eigenvalue weighted by molar-refractivity contribution is -0.143. The van der Waals surface area contributed by atoms with Crippen molar-refractivity contribution in [2.75, 3.05) is 0 Å². The molecule has 0 spiro atoms. The molecule has 4 heteroatoms. The van der Waals surface area contributed by atoms with Gasteiger partial charge in [0.1, 0.15) is 0 Å². The summed E-state index contributed by atoms with van der Waals surface area (Å²) in [4.78, 5) is 20.4. The van der Waals surface area contributed by atoms with Crippen LogP contribution >= 0.6 is 0 Å². The highest BCUT2D eigenvalue weighted by molar-refractivity contribution is 5.80. The van der Waals surface area contributed by atoms with Crippen molar-refractivity contribution in [2.24, 2.45) is 5.73 Å². The van der Waals surface area contributed by atoms with E-state index in [1.807, 2.05) is 0 Å². The third-order valence-electron chi connectivity index (χ3n) is 1.07. The van der Waals surface area contributed by atoms with Gasteiger partial charge in [-0.15, -0.1) is 0 Å². The zero-order valence-electron chi connectivity index (χ0n) is 6.37. The molecule has 2 N–H and O–H groups in total. The Labute approximate surface area is 65.0 Å². The van der Waals surface area contributed by atoms with Gasteiger partial charge in [-0.1, -0.05) is 12.2 Å². The third-order valence-corrected chi connectivity index (χ3v) is 1.07. The molecule has 1 unspecified atom stereocenters. The van der Waals surface area contributed by atoms with Gasteiger partial charge < -0.3 is 10.5 Å². The average Bonchev–Trinajstić information content (AvgIpc) is 1.86. The van der Waals surface area contributed by atoms with Gasteiger partial charge in [-0.3, -0.25) is 9.59 Å². The zero-order chi connectivity index (χ0) is 8.85. The van der Waals surface area contributed by atoms with Crippen LogP contribution in [0.3, 0.4) is 0 Å². The minimum atomic E-state index is -0.870. The van der Waals surface area contributed by atoms with Gasteiger partial charge in [0, 0.05) is 6.42 Å². The SMILES string of the molecule is C=C(C)CC(OC=O)C(N)=O. The predicted molar refractivity (Wildman–Crippen MR) is 39.6 cm³/mol. The van der Waals surface area contributed by atoms with Crippen LogP contribution in [0.2, 0.25) is 0 Å². The maximum atomic E-state index is 10.5. The third kappa shape index (κ3) is 4.13. The maximum Gasteiger partial charge on any atom is 0.293 e. The minimum Gasteiger partial charge on any atom is -0.454 e. The van der Waals surface area contributed by atoms with Gasteiger partial charge in [0.25, 0.3) is 12.4 Å².